The van der Waals surface area contributed by atoms with Gasteiger partial charge in [-0.3, -0.25) is 14.5 Å². The number of carbonyl (C=O) groups is 1. The Morgan fingerprint density at radius 1 is 1.19 bits per heavy atom. The number of nitrogens with zero attached hydrogens (tertiary/aromatic N) is 4. The molecule has 7 nitrogen and oxygen atoms in total. The second-order valence-electron chi connectivity index (χ2n) is 6.49. The van der Waals surface area contributed by atoms with Gasteiger partial charge in [0.2, 0.25) is 5.91 Å². The third-order valence-corrected chi connectivity index (χ3v) is 4.14. The van der Waals surface area contributed by atoms with Gasteiger partial charge < -0.3 is 10.4 Å². The topological polar surface area (TPSA) is 92.9 Å². The van der Waals surface area contributed by atoms with Crippen molar-refractivity contribution in [1.82, 2.24) is 25.3 Å². The van der Waals surface area contributed by atoms with Crippen molar-refractivity contribution in [3.8, 4) is 11.3 Å². The average Bonchev–Trinajstić information content (AvgIpc) is 3.10. The Morgan fingerprint density at radius 3 is 2.59 bits per heavy atom. The van der Waals surface area contributed by atoms with Crippen LogP contribution in [-0.4, -0.2) is 37.5 Å². The summed E-state index contributed by atoms with van der Waals surface area (Å²) >= 11 is 0. The average molecular weight is 365 g/mol. The molecule has 1 aromatic carbocycles. The van der Waals surface area contributed by atoms with Crippen LogP contribution < -0.4 is 5.32 Å². The fraction of sp³-hybridized carbons (Fsp3) is 0.300. The van der Waals surface area contributed by atoms with Crippen LogP contribution in [0.15, 0.2) is 48.7 Å². The number of pyridine rings is 1. The Morgan fingerprint density at radius 2 is 1.89 bits per heavy atom. The van der Waals surface area contributed by atoms with E-state index in [-0.39, 0.29) is 12.3 Å². The second-order valence-corrected chi connectivity index (χ2v) is 6.49. The zero-order valence-electron chi connectivity index (χ0n) is 15.5. The summed E-state index contributed by atoms with van der Waals surface area (Å²) in [4.78, 5) is 16.4. The first-order chi connectivity index (χ1) is 13.0. The van der Waals surface area contributed by atoms with Crippen LogP contribution in [0.2, 0.25) is 0 Å². The van der Waals surface area contributed by atoms with Crippen molar-refractivity contribution in [2.24, 2.45) is 0 Å². The van der Waals surface area contributed by atoms with Crippen LogP contribution in [0, 0.1) is 13.8 Å². The van der Waals surface area contributed by atoms with Gasteiger partial charge in [-0.2, -0.15) is 0 Å². The molecule has 0 saturated heterocycles. The Bertz CT molecular complexity index is 887. The number of hydrogen-bond donors (Lipinski definition) is 2. The maximum atomic E-state index is 12.0. The third-order valence-electron chi connectivity index (χ3n) is 4.14. The molecular formula is C20H23N5O2. The molecule has 3 rings (SSSR count). The molecule has 0 unspecified atom stereocenters. The summed E-state index contributed by atoms with van der Waals surface area (Å²) < 4.78 is 1.69. The smallest absolute Gasteiger partial charge is 0.223 e. The molecule has 0 saturated carbocycles. The van der Waals surface area contributed by atoms with Gasteiger partial charge in [0.1, 0.15) is 5.69 Å². The van der Waals surface area contributed by atoms with E-state index in [1.165, 1.54) is 0 Å². The van der Waals surface area contributed by atoms with E-state index in [2.05, 4.69) is 20.6 Å². The molecule has 140 valence electrons. The first-order valence-corrected chi connectivity index (χ1v) is 8.87. The summed E-state index contributed by atoms with van der Waals surface area (Å²) in [5.74, 6) is -0.202. The van der Waals surface area contributed by atoms with Crippen molar-refractivity contribution in [2.45, 2.75) is 32.9 Å². The summed E-state index contributed by atoms with van der Waals surface area (Å²) in [7, 11) is 0. The minimum Gasteiger partial charge on any atom is -0.388 e. The number of benzene rings is 1. The van der Waals surface area contributed by atoms with Crippen molar-refractivity contribution >= 4 is 5.91 Å². The summed E-state index contributed by atoms with van der Waals surface area (Å²) in [6, 6.07) is 13.1. The fourth-order valence-electron chi connectivity index (χ4n) is 2.87. The SMILES string of the molecule is Cc1cc(-c2cn(CCNC(=O)C[C@@H](O)c3ccccc3)nn2)cc(C)n1. The van der Waals surface area contributed by atoms with Crippen LogP contribution in [0.4, 0.5) is 0 Å². The Labute approximate surface area is 158 Å². The predicted octanol–water partition coefficient (Wildman–Crippen LogP) is 2.20. The molecular weight excluding hydrogens is 342 g/mol. The van der Waals surface area contributed by atoms with Crippen LogP contribution in [0.1, 0.15) is 29.5 Å². The van der Waals surface area contributed by atoms with Crippen LogP contribution in [0.5, 0.6) is 0 Å². The zero-order chi connectivity index (χ0) is 19.2. The van der Waals surface area contributed by atoms with E-state index in [1.807, 2.05) is 50.4 Å². The summed E-state index contributed by atoms with van der Waals surface area (Å²) in [6.45, 7) is 4.81. The highest BCUT2D eigenvalue weighted by Crippen LogP contribution is 2.18. The number of amides is 1. The minimum atomic E-state index is -0.803. The van der Waals surface area contributed by atoms with Gasteiger partial charge in [0.05, 0.1) is 25.3 Å². The van der Waals surface area contributed by atoms with Gasteiger partial charge in [0.15, 0.2) is 0 Å². The van der Waals surface area contributed by atoms with Gasteiger partial charge >= 0.3 is 0 Å². The van der Waals surface area contributed by atoms with Crippen LogP contribution in [0.25, 0.3) is 11.3 Å². The monoisotopic (exact) mass is 365 g/mol. The lowest BCUT2D eigenvalue weighted by Crippen LogP contribution is -2.28. The molecule has 2 heterocycles. The van der Waals surface area contributed by atoms with Gasteiger partial charge in [0.25, 0.3) is 0 Å². The largest absolute Gasteiger partial charge is 0.388 e. The summed E-state index contributed by atoms with van der Waals surface area (Å²) in [5.41, 5.74) is 4.35. The fourth-order valence-corrected chi connectivity index (χ4v) is 2.87. The standard InChI is InChI=1S/C20H23N5O2/c1-14-10-17(11-15(2)22-14)18-13-25(24-23-18)9-8-21-20(27)12-19(26)16-6-4-3-5-7-16/h3-7,10-11,13,19,26H,8-9,12H2,1-2H3,(H,21,27)/t19-/m1/s1. The molecule has 7 heteroatoms. The molecule has 0 spiro atoms. The van der Waals surface area contributed by atoms with Crippen LogP contribution in [0.3, 0.4) is 0 Å². The quantitative estimate of drug-likeness (QED) is 0.669. The van der Waals surface area contributed by atoms with E-state index in [1.54, 1.807) is 16.8 Å². The Kier molecular flexibility index (Phi) is 5.93. The van der Waals surface area contributed by atoms with Crippen molar-refractivity contribution in [3.05, 3.63) is 65.6 Å². The van der Waals surface area contributed by atoms with Gasteiger partial charge in [-0.05, 0) is 31.5 Å². The van der Waals surface area contributed by atoms with E-state index in [9.17, 15) is 9.90 Å². The van der Waals surface area contributed by atoms with E-state index in [0.29, 0.717) is 13.1 Å². The first kappa shape index (κ1) is 18.7. The van der Waals surface area contributed by atoms with Crippen LogP contribution in [-0.2, 0) is 11.3 Å². The molecule has 1 atom stereocenters. The van der Waals surface area contributed by atoms with Crippen molar-refractivity contribution in [2.75, 3.05) is 6.54 Å². The minimum absolute atomic E-state index is 0.0299. The normalized spacial score (nSPS) is 12.0. The maximum Gasteiger partial charge on any atom is 0.223 e. The number of hydrogen-bond acceptors (Lipinski definition) is 5. The van der Waals surface area contributed by atoms with Crippen molar-refractivity contribution in [1.29, 1.82) is 0 Å². The van der Waals surface area contributed by atoms with Gasteiger partial charge in [-0.1, -0.05) is 35.5 Å². The molecule has 0 aliphatic carbocycles. The lowest BCUT2D eigenvalue weighted by molar-refractivity contribution is -0.123. The maximum absolute atomic E-state index is 12.0. The molecule has 0 aliphatic heterocycles. The lowest BCUT2D eigenvalue weighted by Gasteiger charge is -2.11. The van der Waals surface area contributed by atoms with E-state index < -0.39 is 6.10 Å². The highest BCUT2D eigenvalue weighted by atomic mass is 16.3. The second kappa shape index (κ2) is 8.55. The van der Waals surface area contributed by atoms with Crippen LogP contribution >= 0.6 is 0 Å². The lowest BCUT2D eigenvalue weighted by atomic mass is 10.1. The third kappa shape index (κ3) is 5.21. The molecule has 0 bridgehead atoms. The van der Waals surface area contributed by atoms with Gasteiger partial charge in [-0.15, -0.1) is 5.10 Å². The zero-order valence-corrected chi connectivity index (χ0v) is 15.5. The molecule has 3 aromatic rings. The van der Waals surface area contributed by atoms with Gasteiger partial charge in [-0.25, -0.2) is 0 Å². The number of aryl methyl sites for hydroxylation is 2. The first-order valence-electron chi connectivity index (χ1n) is 8.87. The number of nitrogens with one attached hydrogen (secondary N) is 1. The molecule has 2 aromatic heterocycles. The molecule has 0 fully saturated rings. The predicted molar refractivity (Wildman–Crippen MR) is 102 cm³/mol. The summed E-state index contributed by atoms with van der Waals surface area (Å²) in [5, 5.41) is 21.2. The van der Waals surface area contributed by atoms with E-state index in [0.717, 1.165) is 28.2 Å². The Hall–Kier alpha value is -3.06. The summed E-state index contributed by atoms with van der Waals surface area (Å²) in [6.07, 6.45) is 1.07. The number of carbonyl (C=O) groups excluding carboxylic acids is 1. The molecule has 0 aliphatic rings. The molecule has 0 radical (unpaired) electrons. The number of aliphatic hydroxyl groups is 1. The molecule has 1 amide bonds. The van der Waals surface area contributed by atoms with Crippen molar-refractivity contribution in [3.63, 3.8) is 0 Å². The highest BCUT2D eigenvalue weighted by molar-refractivity contribution is 5.76. The molecule has 27 heavy (non-hydrogen) atoms. The Balaban J connectivity index is 1.49. The number of aliphatic hydroxyl groups excluding tert-OH is 1. The van der Waals surface area contributed by atoms with E-state index in [4.69, 9.17) is 0 Å². The highest BCUT2D eigenvalue weighted by Gasteiger charge is 2.12. The number of rotatable bonds is 7. The van der Waals surface area contributed by atoms with E-state index >= 15 is 0 Å². The van der Waals surface area contributed by atoms with Crippen molar-refractivity contribution < 1.29 is 9.90 Å². The number of aromatic nitrogens is 4. The molecule has 2 N–H and O–H groups in total. The van der Waals surface area contributed by atoms with Gasteiger partial charge in [0, 0.05) is 23.5 Å².